The number of nitrogens with one attached hydrogen (secondary N) is 2. The molecule has 0 saturated heterocycles. The van der Waals surface area contributed by atoms with Gasteiger partial charge < -0.3 is 30.3 Å². The number of aromatic nitrogens is 1. The van der Waals surface area contributed by atoms with Crippen LogP contribution in [-0.2, 0) is 0 Å². The molecule has 0 saturated carbocycles. The first-order valence-electron chi connectivity index (χ1n) is 13.8. The molecule has 0 fully saturated rings. The van der Waals surface area contributed by atoms with Crippen molar-refractivity contribution in [2.24, 2.45) is 5.92 Å². The fourth-order valence-corrected chi connectivity index (χ4v) is 5.67. The van der Waals surface area contributed by atoms with Crippen LogP contribution < -0.4 is 15.4 Å². The molecule has 0 bridgehead atoms. The number of carbonyl (C=O) groups is 3. The summed E-state index contributed by atoms with van der Waals surface area (Å²) in [5.74, 6) is -1.32. The van der Waals surface area contributed by atoms with Crippen LogP contribution in [0.5, 0.6) is 5.75 Å². The van der Waals surface area contributed by atoms with Gasteiger partial charge in [-0.3, -0.25) is 9.59 Å². The van der Waals surface area contributed by atoms with Gasteiger partial charge >= 0.3 is 6.03 Å². The second-order valence-electron chi connectivity index (χ2n) is 10.6. The van der Waals surface area contributed by atoms with E-state index in [2.05, 4.69) is 15.6 Å². The fraction of sp³-hybridized carbons (Fsp3) is 0.290. The zero-order valence-corrected chi connectivity index (χ0v) is 24.7. The van der Waals surface area contributed by atoms with E-state index in [4.69, 9.17) is 4.74 Å². The number of fused-ring (bicyclic) bond motifs is 2. The van der Waals surface area contributed by atoms with E-state index in [0.717, 1.165) is 4.70 Å². The molecular weight excluding hydrogens is 573 g/mol. The van der Waals surface area contributed by atoms with Crippen molar-refractivity contribution in [2.45, 2.75) is 26.0 Å². The lowest BCUT2D eigenvalue weighted by Gasteiger charge is -2.38. The highest BCUT2D eigenvalue weighted by Crippen LogP contribution is 2.35. The number of rotatable bonds is 7. The lowest BCUT2D eigenvalue weighted by Crippen LogP contribution is -2.50. The molecule has 4 aromatic rings. The quantitative estimate of drug-likeness (QED) is 0.270. The van der Waals surface area contributed by atoms with Gasteiger partial charge in [-0.25, -0.2) is 14.2 Å². The van der Waals surface area contributed by atoms with Gasteiger partial charge in [0.25, 0.3) is 11.8 Å². The molecule has 3 aromatic carbocycles. The molecule has 3 atom stereocenters. The number of urea groups is 1. The first-order valence-corrected chi connectivity index (χ1v) is 14.6. The van der Waals surface area contributed by atoms with Gasteiger partial charge in [0.1, 0.15) is 11.9 Å². The molecule has 0 unspecified atom stereocenters. The van der Waals surface area contributed by atoms with E-state index in [-0.39, 0.29) is 53.5 Å². The Hall–Kier alpha value is -4.55. The van der Waals surface area contributed by atoms with Crippen LogP contribution in [0, 0.1) is 11.7 Å². The van der Waals surface area contributed by atoms with E-state index in [1.165, 1.54) is 40.5 Å². The van der Waals surface area contributed by atoms with Crippen LogP contribution in [-0.4, -0.2) is 76.6 Å². The van der Waals surface area contributed by atoms with E-state index >= 15 is 0 Å². The van der Waals surface area contributed by atoms with E-state index in [0.29, 0.717) is 11.2 Å². The highest BCUT2D eigenvalue weighted by atomic mass is 32.1. The lowest BCUT2D eigenvalue weighted by atomic mass is 9.99. The summed E-state index contributed by atoms with van der Waals surface area (Å²) in [6, 6.07) is 16.9. The van der Waals surface area contributed by atoms with Crippen LogP contribution in [0.4, 0.5) is 20.6 Å². The number of para-hydroxylation sites is 2. The van der Waals surface area contributed by atoms with E-state index in [1.807, 2.05) is 31.2 Å². The Kier molecular flexibility index (Phi) is 8.88. The Labute approximate surface area is 252 Å². The summed E-state index contributed by atoms with van der Waals surface area (Å²) in [6.45, 7) is 3.80. The van der Waals surface area contributed by atoms with E-state index in [9.17, 15) is 23.9 Å². The third-order valence-corrected chi connectivity index (χ3v) is 8.36. The van der Waals surface area contributed by atoms with Crippen LogP contribution in [0.2, 0.25) is 0 Å². The number of hydrogen-bond acceptors (Lipinski definition) is 7. The summed E-state index contributed by atoms with van der Waals surface area (Å²) >= 11 is 1.25. The minimum Gasteiger partial charge on any atom is -0.485 e. The van der Waals surface area contributed by atoms with Gasteiger partial charge in [-0.05, 0) is 55.5 Å². The second-order valence-corrected chi connectivity index (χ2v) is 11.6. The smallest absolute Gasteiger partial charge is 0.321 e. The first kappa shape index (κ1) is 29.9. The van der Waals surface area contributed by atoms with Gasteiger partial charge in [0.2, 0.25) is 0 Å². The van der Waals surface area contributed by atoms with Crippen LogP contribution in [0.3, 0.4) is 0 Å². The van der Waals surface area contributed by atoms with Gasteiger partial charge in [0, 0.05) is 25.2 Å². The van der Waals surface area contributed by atoms with Gasteiger partial charge in [-0.2, -0.15) is 0 Å². The number of anilines is 2. The second kappa shape index (κ2) is 12.8. The van der Waals surface area contributed by atoms with Crippen molar-refractivity contribution < 1.29 is 28.6 Å². The monoisotopic (exact) mass is 605 g/mol. The standard InChI is InChI=1S/C31H32FN5O5S/c1-18-15-37(19(2)17-38)30(40)22-7-6-9-24(34-28(39)29-35-23-8-4-5-10-26(23)43-29)27(22)42-25(18)16-36(3)31(41)33-21-13-11-20(32)12-14-21/h4-14,18-19,25,38H,15-17H2,1-3H3,(H,33,41)(H,34,39)/t18-,19+,25-/m0/s1. The summed E-state index contributed by atoms with van der Waals surface area (Å²) in [4.78, 5) is 47.5. The number of amides is 4. The summed E-state index contributed by atoms with van der Waals surface area (Å²) in [5.41, 5.74) is 1.64. The zero-order valence-electron chi connectivity index (χ0n) is 23.9. The number of likely N-dealkylation sites (N-methyl/N-ethyl adjacent to an activating group) is 1. The van der Waals surface area contributed by atoms with Gasteiger partial charge in [0.05, 0.1) is 40.7 Å². The van der Waals surface area contributed by atoms with Crippen molar-refractivity contribution in [3.63, 3.8) is 0 Å². The number of carbonyl (C=O) groups excluding carboxylic acids is 3. The first-order chi connectivity index (χ1) is 20.6. The van der Waals surface area contributed by atoms with Crippen molar-refractivity contribution in [2.75, 3.05) is 37.4 Å². The minimum atomic E-state index is -0.607. The summed E-state index contributed by atoms with van der Waals surface area (Å²) < 4.78 is 20.7. The minimum absolute atomic E-state index is 0.128. The van der Waals surface area contributed by atoms with Crippen molar-refractivity contribution in [1.82, 2.24) is 14.8 Å². The van der Waals surface area contributed by atoms with E-state index in [1.54, 1.807) is 37.1 Å². The number of aliphatic hydroxyl groups excluding tert-OH is 1. The molecule has 1 aromatic heterocycles. The zero-order chi connectivity index (χ0) is 30.7. The van der Waals surface area contributed by atoms with Crippen LogP contribution in [0.1, 0.15) is 34.0 Å². The van der Waals surface area contributed by atoms with Crippen LogP contribution in [0.25, 0.3) is 10.2 Å². The predicted molar refractivity (Wildman–Crippen MR) is 163 cm³/mol. The largest absolute Gasteiger partial charge is 0.485 e. The molecule has 5 rings (SSSR count). The number of nitrogens with zero attached hydrogens (tertiary/aromatic N) is 3. The maximum atomic E-state index is 13.7. The summed E-state index contributed by atoms with van der Waals surface area (Å²) in [6.07, 6.45) is -0.607. The average molecular weight is 606 g/mol. The molecule has 10 nitrogen and oxygen atoms in total. The van der Waals surface area contributed by atoms with Gasteiger partial charge in [0.15, 0.2) is 10.8 Å². The van der Waals surface area contributed by atoms with Gasteiger partial charge in [-0.1, -0.05) is 25.1 Å². The molecule has 1 aliphatic rings. The van der Waals surface area contributed by atoms with Crippen LogP contribution in [0.15, 0.2) is 66.7 Å². The molecule has 2 heterocycles. The number of halogens is 1. The van der Waals surface area contributed by atoms with Crippen molar-refractivity contribution >= 4 is 50.8 Å². The van der Waals surface area contributed by atoms with Crippen molar-refractivity contribution in [3.8, 4) is 5.75 Å². The maximum Gasteiger partial charge on any atom is 0.321 e. The molecule has 0 spiro atoms. The molecular formula is C31H32FN5O5S. The third kappa shape index (κ3) is 6.60. The molecule has 0 radical (unpaired) electrons. The molecule has 43 heavy (non-hydrogen) atoms. The number of ether oxygens (including phenoxy) is 1. The molecule has 4 amide bonds. The van der Waals surface area contributed by atoms with Gasteiger partial charge in [-0.15, -0.1) is 11.3 Å². The Balaban J connectivity index is 1.44. The molecule has 0 aliphatic carbocycles. The molecule has 3 N–H and O–H groups in total. The topological polar surface area (TPSA) is 124 Å². The fourth-order valence-electron chi connectivity index (χ4n) is 4.81. The number of aliphatic hydroxyl groups is 1. The predicted octanol–water partition coefficient (Wildman–Crippen LogP) is 5.07. The number of benzene rings is 3. The Morgan fingerprint density at radius 1 is 1.14 bits per heavy atom. The normalized spacial score (nSPS) is 17.3. The average Bonchev–Trinajstić information content (AvgIpc) is 3.44. The number of thiazole rings is 1. The Morgan fingerprint density at radius 2 is 1.88 bits per heavy atom. The molecule has 224 valence electrons. The summed E-state index contributed by atoms with van der Waals surface area (Å²) in [5, 5.41) is 15.8. The van der Waals surface area contributed by atoms with Crippen molar-refractivity contribution in [3.05, 3.63) is 83.1 Å². The van der Waals surface area contributed by atoms with E-state index < -0.39 is 29.9 Å². The lowest BCUT2D eigenvalue weighted by molar-refractivity contribution is 0.0372. The SMILES string of the molecule is C[C@H](CO)N1C[C@H](C)[C@H](CN(C)C(=O)Nc2ccc(F)cc2)Oc2c(NC(=O)c3nc4ccccc4s3)cccc2C1=O. The van der Waals surface area contributed by atoms with Crippen LogP contribution >= 0.6 is 11.3 Å². The highest BCUT2D eigenvalue weighted by Gasteiger charge is 2.35. The highest BCUT2D eigenvalue weighted by molar-refractivity contribution is 7.20. The molecule has 12 heteroatoms. The Bertz CT molecular complexity index is 1610. The number of hydrogen-bond donors (Lipinski definition) is 3. The van der Waals surface area contributed by atoms with Crippen molar-refractivity contribution in [1.29, 1.82) is 0 Å². The third-order valence-electron chi connectivity index (χ3n) is 7.32. The maximum absolute atomic E-state index is 13.7. The Morgan fingerprint density at radius 3 is 2.60 bits per heavy atom. The molecule has 1 aliphatic heterocycles. The summed E-state index contributed by atoms with van der Waals surface area (Å²) in [7, 11) is 1.61.